The van der Waals surface area contributed by atoms with E-state index in [-0.39, 0.29) is 40.4 Å². The van der Waals surface area contributed by atoms with Crippen LogP contribution < -0.4 is 14.8 Å². The number of carboxylic acid groups (broad SMARTS) is 1. The van der Waals surface area contributed by atoms with E-state index >= 15 is 0 Å². The van der Waals surface area contributed by atoms with Crippen molar-refractivity contribution in [2.45, 2.75) is 25.7 Å². The number of benzene rings is 1. The molecule has 1 aliphatic rings. The summed E-state index contributed by atoms with van der Waals surface area (Å²) < 4.78 is 10.5. The maximum Gasteiger partial charge on any atom is 0.303 e. The highest BCUT2D eigenvalue weighted by molar-refractivity contribution is 8.26. The molecule has 1 aromatic rings. The molecular weight excluding hydrogens is 444 g/mol. The molecule has 0 saturated carbocycles. The predicted octanol–water partition coefficient (Wildman–Crippen LogP) is 2.37. The van der Waals surface area contributed by atoms with Crippen molar-refractivity contribution >= 4 is 52.2 Å². The van der Waals surface area contributed by atoms with E-state index in [1.807, 2.05) is 0 Å². The minimum absolute atomic E-state index is 0.107. The van der Waals surface area contributed by atoms with E-state index in [1.54, 1.807) is 18.2 Å². The van der Waals surface area contributed by atoms with Crippen LogP contribution in [0.3, 0.4) is 0 Å². The number of carboxylic acids is 1. The number of nitrogens with zero attached hydrogens (tertiary/aromatic N) is 1. The average molecular weight is 469 g/mol. The van der Waals surface area contributed by atoms with Crippen molar-refractivity contribution in [3.63, 3.8) is 0 Å². The van der Waals surface area contributed by atoms with Crippen molar-refractivity contribution in [1.29, 1.82) is 0 Å². The fraction of sp³-hybridized carbons (Fsp3) is 0.400. The molecule has 0 unspecified atom stereocenters. The first-order chi connectivity index (χ1) is 14.8. The molecule has 0 aromatic heterocycles. The lowest BCUT2D eigenvalue weighted by Crippen LogP contribution is -2.39. The standard InChI is InChI=1S/C20H24N2O7S2/c1-28-13-8-12(9-14(29-2)18(13)26)10-15-19(27)22(20(30)31-15)11-16(23)21-7-5-3-4-6-17(24)25/h8-10,26H,3-7,11H2,1-2H3,(H,21,23)(H,24,25)/b15-10-. The maximum atomic E-state index is 12.7. The van der Waals surface area contributed by atoms with E-state index in [0.29, 0.717) is 36.3 Å². The topological polar surface area (TPSA) is 125 Å². The Morgan fingerprint density at radius 3 is 2.42 bits per heavy atom. The summed E-state index contributed by atoms with van der Waals surface area (Å²) in [6.45, 7) is 0.204. The highest BCUT2D eigenvalue weighted by atomic mass is 32.2. The summed E-state index contributed by atoms with van der Waals surface area (Å²) in [6.07, 6.45) is 3.59. The number of amides is 2. The number of carbonyl (C=O) groups excluding carboxylic acids is 2. The number of thiocarbonyl (C=S) groups is 1. The summed E-state index contributed by atoms with van der Waals surface area (Å²) in [5.74, 6) is -1.32. The first-order valence-electron chi connectivity index (χ1n) is 9.45. The molecular formula is C20H24N2O7S2. The summed E-state index contributed by atoms with van der Waals surface area (Å²) >= 11 is 6.32. The van der Waals surface area contributed by atoms with E-state index < -0.39 is 11.9 Å². The van der Waals surface area contributed by atoms with Crippen LogP contribution in [0.5, 0.6) is 17.2 Å². The summed E-state index contributed by atoms with van der Waals surface area (Å²) in [6, 6.07) is 3.11. The van der Waals surface area contributed by atoms with Crippen LogP contribution in [0.25, 0.3) is 6.08 Å². The Labute approximate surface area is 189 Å². The molecule has 9 nitrogen and oxygen atoms in total. The molecule has 1 aliphatic heterocycles. The van der Waals surface area contributed by atoms with Crippen LogP contribution in [0.4, 0.5) is 0 Å². The third-order valence-electron chi connectivity index (χ3n) is 4.36. The van der Waals surface area contributed by atoms with Crippen molar-refractivity contribution in [3.8, 4) is 17.2 Å². The Balaban J connectivity index is 1.96. The maximum absolute atomic E-state index is 12.7. The number of methoxy groups -OCH3 is 2. The molecule has 11 heteroatoms. The van der Waals surface area contributed by atoms with Crippen molar-refractivity contribution in [3.05, 3.63) is 22.6 Å². The molecule has 1 heterocycles. The lowest BCUT2D eigenvalue weighted by atomic mass is 10.1. The van der Waals surface area contributed by atoms with E-state index in [2.05, 4.69) is 5.32 Å². The third-order valence-corrected chi connectivity index (χ3v) is 5.74. The zero-order valence-electron chi connectivity index (χ0n) is 17.2. The Morgan fingerprint density at radius 1 is 1.19 bits per heavy atom. The van der Waals surface area contributed by atoms with Gasteiger partial charge in [-0.25, -0.2) is 0 Å². The van der Waals surface area contributed by atoms with Crippen molar-refractivity contribution < 1.29 is 34.1 Å². The SMILES string of the molecule is COc1cc(/C=C2\SC(=S)N(CC(=O)NCCCCCC(=O)O)C2=O)cc(OC)c1O. The molecule has 0 atom stereocenters. The zero-order valence-corrected chi connectivity index (χ0v) is 18.8. The van der Waals surface area contributed by atoms with Crippen LogP contribution >= 0.6 is 24.0 Å². The van der Waals surface area contributed by atoms with Gasteiger partial charge in [0.1, 0.15) is 10.9 Å². The Kier molecular flexibility index (Phi) is 9.13. The van der Waals surface area contributed by atoms with Crippen LogP contribution in [0.1, 0.15) is 31.2 Å². The van der Waals surface area contributed by atoms with Crippen LogP contribution in [-0.2, 0) is 14.4 Å². The molecule has 1 saturated heterocycles. The first-order valence-corrected chi connectivity index (χ1v) is 10.7. The molecule has 1 fully saturated rings. The smallest absolute Gasteiger partial charge is 0.303 e. The highest BCUT2D eigenvalue weighted by Crippen LogP contribution is 2.39. The van der Waals surface area contributed by atoms with Gasteiger partial charge in [-0.2, -0.15) is 0 Å². The summed E-state index contributed by atoms with van der Waals surface area (Å²) in [7, 11) is 2.81. The lowest BCUT2D eigenvalue weighted by molar-refractivity contribution is -0.137. The fourth-order valence-corrected chi connectivity index (χ4v) is 4.05. The molecule has 0 radical (unpaired) electrons. The van der Waals surface area contributed by atoms with Gasteiger partial charge in [0.05, 0.1) is 19.1 Å². The fourth-order valence-electron chi connectivity index (χ4n) is 2.79. The number of thioether (sulfide) groups is 1. The number of rotatable bonds is 11. The number of nitrogens with one attached hydrogen (secondary N) is 1. The largest absolute Gasteiger partial charge is 0.502 e. The molecule has 2 amide bonds. The van der Waals surface area contributed by atoms with Gasteiger partial charge in [-0.05, 0) is 36.6 Å². The van der Waals surface area contributed by atoms with Crippen LogP contribution in [0, 0.1) is 0 Å². The molecule has 0 bridgehead atoms. The van der Waals surface area contributed by atoms with Gasteiger partial charge in [0, 0.05) is 13.0 Å². The zero-order chi connectivity index (χ0) is 23.0. The number of hydrogen-bond acceptors (Lipinski definition) is 8. The third kappa shape index (κ3) is 6.86. The second-order valence-corrected chi connectivity index (χ2v) is 8.27. The second kappa shape index (κ2) is 11.6. The van der Waals surface area contributed by atoms with Crippen LogP contribution in [0.2, 0.25) is 0 Å². The van der Waals surface area contributed by atoms with Gasteiger partial charge in [-0.1, -0.05) is 30.4 Å². The highest BCUT2D eigenvalue weighted by Gasteiger charge is 2.33. The number of phenolic OH excluding ortho intramolecular Hbond substituents is 1. The molecule has 2 rings (SSSR count). The number of hydrogen-bond donors (Lipinski definition) is 3. The Bertz CT molecular complexity index is 877. The Hall–Kier alpha value is -2.79. The Morgan fingerprint density at radius 2 is 1.84 bits per heavy atom. The van der Waals surface area contributed by atoms with Gasteiger partial charge in [-0.3, -0.25) is 19.3 Å². The lowest BCUT2D eigenvalue weighted by Gasteiger charge is -2.14. The molecule has 0 aliphatic carbocycles. The van der Waals surface area contributed by atoms with Gasteiger partial charge < -0.3 is 25.0 Å². The number of aromatic hydroxyl groups is 1. The summed E-state index contributed by atoms with van der Waals surface area (Å²) in [5, 5.41) is 21.3. The minimum atomic E-state index is -0.837. The van der Waals surface area contributed by atoms with Crippen molar-refractivity contribution in [2.24, 2.45) is 0 Å². The molecule has 3 N–H and O–H groups in total. The second-order valence-electron chi connectivity index (χ2n) is 6.60. The van der Waals surface area contributed by atoms with Gasteiger partial charge >= 0.3 is 5.97 Å². The van der Waals surface area contributed by atoms with Crippen LogP contribution in [0.15, 0.2) is 17.0 Å². The predicted molar refractivity (Wildman–Crippen MR) is 120 cm³/mol. The van der Waals surface area contributed by atoms with Crippen LogP contribution in [-0.4, -0.2) is 64.5 Å². The van der Waals surface area contributed by atoms with E-state index in [1.165, 1.54) is 19.1 Å². The number of aliphatic carboxylic acids is 1. The quantitative estimate of drug-likeness (QED) is 0.255. The first kappa shape index (κ1) is 24.5. The number of carbonyl (C=O) groups is 3. The molecule has 0 spiro atoms. The number of phenols is 1. The normalized spacial score (nSPS) is 14.8. The monoisotopic (exact) mass is 468 g/mol. The van der Waals surface area contributed by atoms with Crippen molar-refractivity contribution in [2.75, 3.05) is 27.3 Å². The van der Waals surface area contributed by atoms with E-state index in [9.17, 15) is 19.5 Å². The van der Waals surface area contributed by atoms with E-state index in [4.69, 9.17) is 26.8 Å². The van der Waals surface area contributed by atoms with Gasteiger partial charge in [0.2, 0.25) is 11.7 Å². The summed E-state index contributed by atoms with van der Waals surface area (Å²) in [4.78, 5) is 36.9. The summed E-state index contributed by atoms with van der Waals surface area (Å²) in [5.41, 5.74) is 0.567. The molecule has 168 valence electrons. The molecule has 1 aromatic carbocycles. The van der Waals surface area contributed by atoms with E-state index in [0.717, 1.165) is 11.8 Å². The van der Waals surface area contributed by atoms with Gasteiger partial charge in [0.15, 0.2) is 11.5 Å². The number of unbranched alkanes of at least 4 members (excludes halogenated alkanes) is 2. The molecule has 31 heavy (non-hydrogen) atoms. The minimum Gasteiger partial charge on any atom is -0.502 e. The van der Waals surface area contributed by atoms with Crippen molar-refractivity contribution in [1.82, 2.24) is 10.2 Å². The average Bonchev–Trinajstić information content (AvgIpc) is 2.98. The van der Waals surface area contributed by atoms with Gasteiger partial charge in [-0.15, -0.1) is 0 Å². The van der Waals surface area contributed by atoms with Gasteiger partial charge in [0.25, 0.3) is 5.91 Å². The number of ether oxygens (including phenoxy) is 2.